The van der Waals surface area contributed by atoms with E-state index in [1.807, 2.05) is 12.1 Å². The van der Waals surface area contributed by atoms with Crippen LogP contribution < -0.4 is 0 Å². The molecular formula is C15H14OS. The summed E-state index contributed by atoms with van der Waals surface area (Å²) in [6.07, 6.45) is 2.10. The fourth-order valence-electron chi connectivity index (χ4n) is 2.30. The summed E-state index contributed by atoms with van der Waals surface area (Å²) in [5.74, 6) is 0. The Morgan fingerprint density at radius 3 is 1.71 bits per heavy atom. The summed E-state index contributed by atoms with van der Waals surface area (Å²) >= 11 is 1.77. The summed E-state index contributed by atoms with van der Waals surface area (Å²) in [4.78, 5) is 0. The number of ether oxygens (including phenoxy) is 1. The zero-order valence-corrected chi connectivity index (χ0v) is 10.5. The van der Waals surface area contributed by atoms with Gasteiger partial charge in [0.05, 0.1) is 0 Å². The van der Waals surface area contributed by atoms with E-state index in [4.69, 9.17) is 4.74 Å². The molecule has 0 spiro atoms. The van der Waals surface area contributed by atoms with Crippen LogP contribution in [0.2, 0.25) is 0 Å². The second-order valence-corrected chi connectivity index (χ2v) is 5.05. The van der Waals surface area contributed by atoms with Gasteiger partial charge in [-0.2, -0.15) is 0 Å². The van der Waals surface area contributed by atoms with E-state index in [0.717, 1.165) is 0 Å². The SMILES string of the molecule is CSC1OC1(c1ccccc1)c1ccccc1. The van der Waals surface area contributed by atoms with Crippen LogP contribution in [0, 0.1) is 0 Å². The standard InChI is InChI=1S/C15H14OS/c1-17-14-15(16-14,12-8-4-2-5-9-12)13-10-6-3-7-11-13/h2-11,14H,1H3. The molecule has 2 heteroatoms. The van der Waals surface area contributed by atoms with Crippen LogP contribution in [0.4, 0.5) is 0 Å². The van der Waals surface area contributed by atoms with Gasteiger partial charge in [0, 0.05) is 0 Å². The number of epoxide rings is 1. The van der Waals surface area contributed by atoms with E-state index in [0.29, 0.717) is 0 Å². The first-order valence-electron chi connectivity index (χ1n) is 5.69. The zero-order chi connectivity index (χ0) is 11.7. The summed E-state index contributed by atoms with van der Waals surface area (Å²) in [7, 11) is 0. The number of rotatable bonds is 3. The molecule has 0 aromatic heterocycles. The molecule has 1 saturated heterocycles. The van der Waals surface area contributed by atoms with Crippen LogP contribution in [-0.2, 0) is 10.3 Å². The number of benzene rings is 2. The van der Waals surface area contributed by atoms with E-state index in [2.05, 4.69) is 54.8 Å². The molecule has 0 aliphatic carbocycles. The fourth-order valence-corrected chi connectivity index (χ4v) is 3.15. The third-order valence-electron chi connectivity index (χ3n) is 3.19. The van der Waals surface area contributed by atoms with Crippen LogP contribution >= 0.6 is 11.8 Å². The van der Waals surface area contributed by atoms with Crippen LogP contribution in [-0.4, -0.2) is 11.7 Å². The number of thioether (sulfide) groups is 1. The Labute approximate surface area is 106 Å². The average molecular weight is 242 g/mol. The first-order valence-corrected chi connectivity index (χ1v) is 6.98. The normalized spacial score (nSPS) is 21.1. The summed E-state index contributed by atoms with van der Waals surface area (Å²) in [5.41, 5.74) is 2.48. The van der Waals surface area contributed by atoms with Gasteiger partial charge in [-0.3, -0.25) is 0 Å². The van der Waals surface area contributed by atoms with Crippen molar-refractivity contribution in [1.29, 1.82) is 0 Å². The molecule has 3 rings (SSSR count). The topological polar surface area (TPSA) is 12.5 Å². The third-order valence-corrected chi connectivity index (χ3v) is 4.04. The molecular weight excluding hydrogens is 228 g/mol. The Hall–Kier alpha value is -1.25. The maximum absolute atomic E-state index is 5.99. The molecule has 1 heterocycles. The van der Waals surface area contributed by atoms with Crippen LogP contribution in [0.3, 0.4) is 0 Å². The maximum Gasteiger partial charge on any atom is 0.155 e. The van der Waals surface area contributed by atoms with Gasteiger partial charge in [0.2, 0.25) is 0 Å². The highest BCUT2D eigenvalue weighted by atomic mass is 32.2. The lowest BCUT2D eigenvalue weighted by Crippen LogP contribution is -2.13. The minimum Gasteiger partial charge on any atom is -0.344 e. The maximum atomic E-state index is 5.99. The Morgan fingerprint density at radius 1 is 0.882 bits per heavy atom. The van der Waals surface area contributed by atoms with Crippen molar-refractivity contribution in [1.82, 2.24) is 0 Å². The molecule has 1 aliphatic heterocycles. The third kappa shape index (κ3) is 1.68. The van der Waals surface area contributed by atoms with Crippen molar-refractivity contribution in [2.45, 2.75) is 11.0 Å². The van der Waals surface area contributed by atoms with Crippen LogP contribution in [0.15, 0.2) is 60.7 Å². The lowest BCUT2D eigenvalue weighted by Gasteiger charge is -2.13. The lowest BCUT2D eigenvalue weighted by atomic mass is 9.92. The molecule has 17 heavy (non-hydrogen) atoms. The predicted molar refractivity (Wildman–Crippen MR) is 72.1 cm³/mol. The molecule has 1 aliphatic rings. The van der Waals surface area contributed by atoms with Crippen molar-refractivity contribution in [2.24, 2.45) is 0 Å². The lowest BCUT2D eigenvalue weighted by molar-refractivity contribution is 0.344. The monoisotopic (exact) mass is 242 g/mol. The molecule has 2 aromatic carbocycles. The van der Waals surface area contributed by atoms with Gasteiger partial charge < -0.3 is 4.74 Å². The zero-order valence-electron chi connectivity index (χ0n) is 9.67. The Bertz CT molecular complexity index is 455. The number of hydrogen-bond donors (Lipinski definition) is 0. The van der Waals surface area contributed by atoms with E-state index in [9.17, 15) is 0 Å². The first kappa shape index (κ1) is 10.9. The molecule has 1 atom stereocenters. The van der Waals surface area contributed by atoms with E-state index in [1.54, 1.807) is 11.8 Å². The summed E-state index contributed by atoms with van der Waals surface area (Å²) in [6.45, 7) is 0. The van der Waals surface area contributed by atoms with Gasteiger partial charge in [0.25, 0.3) is 0 Å². The highest BCUT2D eigenvalue weighted by molar-refractivity contribution is 7.99. The molecule has 0 N–H and O–H groups in total. The van der Waals surface area contributed by atoms with E-state index < -0.39 is 0 Å². The van der Waals surface area contributed by atoms with Crippen molar-refractivity contribution >= 4 is 11.8 Å². The largest absolute Gasteiger partial charge is 0.344 e. The van der Waals surface area contributed by atoms with Gasteiger partial charge in [-0.05, 0) is 17.4 Å². The fraction of sp³-hybridized carbons (Fsp3) is 0.200. The van der Waals surface area contributed by atoms with Crippen LogP contribution in [0.25, 0.3) is 0 Å². The van der Waals surface area contributed by atoms with Gasteiger partial charge >= 0.3 is 0 Å². The molecule has 0 bridgehead atoms. The second kappa shape index (κ2) is 4.21. The van der Waals surface area contributed by atoms with Crippen molar-refractivity contribution in [3.8, 4) is 0 Å². The van der Waals surface area contributed by atoms with Crippen molar-refractivity contribution in [2.75, 3.05) is 6.26 Å². The minimum atomic E-state index is -0.234. The van der Waals surface area contributed by atoms with Crippen molar-refractivity contribution in [3.63, 3.8) is 0 Å². The van der Waals surface area contributed by atoms with E-state index in [-0.39, 0.29) is 11.0 Å². The molecule has 2 aromatic rings. The van der Waals surface area contributed by atoms with Crippen LogP contribution in [0.5, 0.6) is 0 Å². The average Bonchev–Trinajstić information content (AvgIpc) is 3.17. The van der Waals surface area contributed by atoms with Gasteiger partial charge in [-0.25, -0.2) is 0 Å². The number of hydrogen-bond acceptors (Lipinski definition) is 2. The Balaban J connectivity index is 2.08. The Morgan fingerprint density at radius 2 is 1.35 bits per heavy atom. The molecule has 1 fully saturated rings. The molecule has 0 saturated carbocycles. The van der Waals surface area contributed by atoms with Gasteiger partial charge in [-0.1, -0.05) is 60.7 Å². The highest BCUT2D eigenvalue weighted by Gasteiger charge is 2.58. The first-order chi connectivity index (χ1) is 8.38. The predicted octanol–water partition coefficient (Wildman–Crippen LogP) is 3.65. The van der Waals surface area contributed by atoms with Crippen molar-refractivity contribution in [3.05, 3.63) is 71.8 Å². The highest BCUT2D eigenvalue weighted by Crippen LogP contribution is 2.55. The van der Waals surface area contributed by atoms with Gasteiger partial charge in [-0.15, -0.1) is 11.8 Å². The summed E-state index contributed by atoms with van der Waals surface area (Å²) < 4.78 is 5.99. The Kier molecular flexibility index (Phi) is 2.69. The summed E-state index contributed by atoms with van der Waals surface area (Å²) in [5, 5.41) is 0. The molecule has 86 valence electrons. The second-order valence-electron chi connectivity index (χ2n) is 4.15. The van der Waals surface area contributed by atoms with Crippen molar-refractivity contribution < 1.29 is 4.74 Å². The minimum absolute atomic E-state index is 0.229. The smallest absolute Gasteiger partial charge is 0.155 e. The van der Waals surface area contributed by atoms with Gasteiger partial charge in [0.15, 0.2) is 5.60 Å². The molecule has 0 radical (unpaired) electrons. The quantitative estimate of drug-likeness (QED) is 0.762. The molecule has 1 nitrogen and oxygen atoms in total. The van der Waals surface area contributed by atoms with Gasteiger partial charge in [0.1, 0.15) is 5.44 Å². The van der Waals surface area contributed by atoms with Crippen LogP contribution in [0.1, 0.15) is 11.1 Å². The van der Waals surface area contributed by atoms with E-state index >= 15 is 0 Å². The summed E-state index contributed by atoms with van der Waals surface area (Å²) in [6, 6.07) is 20.9. The molecule has 1 unspecified atom stereocenters. The molecule has 0 amide bonds. The van der Waals surface area contributed by atoms with E-state index in [1.165, 1.54) is 11.1 Å².